The molecule has 3 aliphatic rings. The second-order valence-corrected chi connectivity index (χ2v) is 11.2. The first-order valence-corrected chi connectivity index (χ1v) is 12.6. The summed E-state index contributed by atoms with van der Waals surface area (Å²) in [5.41, 5.74) is 1.15. The Hall–Kier alpha value is -2.65. The van der Waals surface area contributed by atoms with Crippen LogP contribution in [0, 0.1) is 0 Å². The molecule has 182 valence electrons. The maximum atomic E-state index is 13.4. The second kappa shape index (κ2) is 8.85. The Bertz CT molecular complexity index is 1090. The van der Waals surface area contributed by atoms with E-state index in [2.05, 4.69) is 0 Å². The lowest BCUT2D eigenvalue weighted by molar-refractivity contribution is 0.0140. The molecule has 2 aliphatic heterocycles. The van der Waals surface area contributed by atoms with Crippen LogP contribution >= 0.6 is 11.3 Å². The highest BCUT2D eigenvalue weighted by atomic mass is 32.1. The van der Waals surface area contributed by atoms with Crippen molar-refractivity contribution in [2.24, 2.45) is 0 Å². The van der Waals surface area contributed by atoms with Crippen molar-refractivity contribution in [1.82, 2.24) is 14.8 Å². The number of ether oxygens (including phenoxy) is 3. The van der Waals surface area contributed by atoms with E-state index in [0.29, 0.717) is 37.1 Å². The molecule has 9 heteroatoms. The number of hydrogen-bond donors (Lipinski definition) is 0. The molecule has 2 fully saturated rings. The van der Waals surface area contributed by atoms with E-state index in [0.717, 1.165) is 34.9 Å². The molecule has 1 saturated carbocycles. The van der Waals surface area contributed by atoms with Gasteiger partial charge in [-0.15, -0.1) is 11.3 Å². The third-order valence-corrected chi connectivity index (χ3v) is 7.35. The van der Waals surface area contributed by atoms with Crippen molar-refractivity contribution in [1.29, 1.82) is 0 Å². The lowest BCUT2D eigenvalue weighted by Crippen LogP contribution is -2.43. The van der Waals surface area contributed by atoms with E-state index in [1.807, 2.05) is 49.9 Å². The number of methoxy groups -OCH3 is 1. The summed E-state index contributed by atoms with van der Waals surface area (Å²) < 4.78 is 17.0. The predicted octanol–water partition coefficient (Wildman–Crippen LogP) is 4.33. The predicted molar refractivity (Wildman–Crippen MR) is 128 cm³/mol. The standard InChI is InChI=1S/C25H31N3O5S/c1-25(2,3)33-24(30)28-12-15(11-16(28)14-31-4)27-13-19-21(23(27)29)34-22(26-19)18-7-5-6-8-20(18)32-17-9-10-17/h5-8,15-17H,9-14H2,1-4H3/t15-,16+/m1/s1. The SMILES string of the molecule is COC[C@@H]1C[C@@H](N2Cc3nc(-c4ccccc4OC4CC4)sc3C2=O)CN1C(=O)OC(C)(C)C. The van der Waals surface area contributed by atoms with Gasteiger partial charge in [-0.2, -0.15) is 0 Å². The highest BCUT2D eigenvalue weighted by Gasteiger charge is 2.44. The van der Waals surface area contributed by atoms with Crippen LogP contribution < -0.4 is 4.74 Å². The first-order valence-electron chi connectivity index (χ1n) is 11.8. The molecule has 34 heavy (non-hydrogen) atoms. The normalized spacial score (nSPS) is 22.3. The third-order valence-electron chi connectivity index (χ3n) is 6.23. The number of fused-ring (bicyclic) bond motifs is 1. The molecular weight excluding hydrogens is 454 g/mol. The van der Waals surface area contributed by atoms with E-state index in [4.69, 9.17) is 19.2 Å². The molecular formula is C25H31N3O5S. The number of amides is 2. The molecule has 1 aliphatic carbocycles. The molecule has 1 saturated heterocycles. The third kappa shape index (κ3) is 4.63. The van der Waals surface area contributed by atoms with E-state index in [1.165, 1.54) is 11.3 Å². The number of carbonyl (C=O) groups is 2. The summed E-state index contributed by atoms with van der Waals surface area (Å²) in [5.74, 6) is 0.805. The zero-order chi connectivity index (χ0) is 24.0. The molecule has 5 rings (SSSR count). The fourth-order valence-electron chi connectivity index (χ4n) is 4.52. The summed E-state index contributed by atoms with van der Waals surface area (Å²) in [6.07, 6.45) is 2.74. The van der Waals surface area contributed by atoms with Gasteiger partial charge in [0.1, 0.15) is 21.2 Å². The lowest BCUT2D eigenvalue weighted by atomic mass is 10.1. The number of nitrogens with zero attached hydrogens (tertiary/aromatic N) is 3. The highest BCUT2D eigenvalue weighted by molar-refractivity contribution is 7.17. The second-order valence-electron chi connectivity index (χ2n) is 10.2. The van der Waals surface area contributed by atoms with E-state index in [1.54, 1.807) is 12.0 Å². The van der Waals surface area contributed by atoms with Gasteiger partial charge in [-0.25, -0.2) is 9.78 Å². The van der Waals surface area contributed by atoms with Crippen molar-refractivity contribution < 1.29 is 23.8 Å². The van der Waals surface area contributed by atoms with Gasteiger partial charge in [0.15, 0.2) is 0 Å². The van der Waals surface area contributed by atoms with Gasteiger partial charge >= 0.3 is 6.09 Å². The molecule has 0 radical (unpaired) electrons. The van der Waals surface area contributed by atoms with Crippen LogP contribution in [0.5, 0.6) is 5.75 Å². The van der Waals surface area contributed by atoms with Crippen molar-refractivity contribution in [2.75, 3.05) is 20.3 Å². The minimum atomic E-state index is -0.583. The van der Waals surface area contributed by atoms with Gasteiger partial charge in [-0.1, -0.05) is 12.1 Å². The van der Waals surface area contributed by atoms with Gasteiger partial charge in [0.2, 0.25) is 0 Å². The summed E-state index contributed by atoms with van der Waals surface area (Å²) in [4.78, 5) is 35.2. The van der Waals surface area contributed by atoms with Gasteiger partial charge < -0.3 is 24.0 Å². The molecule has 2 atom stereocenters. The molecule has 3 heterocycles. The van der Waals surface area contributed by atoms with E-state index in [-0.39, 0.29) is 24.1 Å². The van der Waals surface area contributed by atoms with Crippen molar-refractivity contribution in [3.05, 3.63) is 34.8 Å². The zero-order valence-electron chi connectivity index (χ0n) is 20.1. The van der Waals surface area contributed by atoms with Crippen LogP contribution in [0.1, 0.15) is 55.4 Å². The summed E-state index contributed by atoms with van der Waals surface area (Å²) >= 11 is 1.42. The number of aromatic nitrogens is 1. The van der Waals surface area contributed by atoms with Crippen LogP contribution in [0.25, 0.3) is 10.6 Å². The first-order chi connectivity index (χ1) is 16.2. The number of para-hydroxylation sites is 1. The molecule has 0 N–H and O–H groups in total. The summed E-state index contributed by atoms with van der Waals surface area (Å²) in [5, 5.41) is 0.813. The molecule has 1 aromatic heterocycles. The molecule has 2 aromatic rings. The Morgan fingerprint density at radius 1 is 1.24 bits per heavy atom. The molecule has 0 unspecified atom stereocenters. The maximum Gasteiger partial charge on any atom is 0.410 e. The van der Waals surface area contributed by atoms with Crippen molar-refractivity contribution in [3.63, 3.8) is 0 Å². The Balaban J connectivity index is 1.32. The van der Waals surface area contributed by atoms with E-state index < -0.39 is 5.60 Å². The monoisotopic (exact) mass is 485 g/mol. The van der Waals surface area contributed by atoms with Crippen LogP contribution in [0.4, 0.5) is 4.79 Å². The Labute approximate surface area is 203 Å². The number of hydrogen-bond acceptors (Lipinski definition) is 7. The number of benzene rings is 1. The molecule has 8 nitrogen and oxygen atoms in total. The molecule has 1 aromatic carbocycles. The maximum absolute atomic E-state index is 13.4. The Morgan fingerprint density at radius 3 is 2.68 bits per heavy atom. The average Bonchev–Trinajstić information content (AvgIpc) is 3.21. The van der Waals surface area contributed by atoms with Crippen LogP contribution in [0.2, 0.25) is 0 Å². The first kappa shape index (κ1) is 23.1. The molecule has 0 bridgehead atoms. The van der Waals surface area contributed by atoms with Gasteiger partial charge in [-0.05, 0) is 52.2 Å². The van der Waals surface area contributed by atoms with Crippen molar-refractivity contribution in [3.8, 4) is 16.3 Å². The van der Waals surface area contributed by atoms with E-state index >= 15 is 0 Å². The number of carbonyl (C=O) groups excluding carboxylic acids is 2. The van der Waals surface area contributed by atoms with Gasteiger partial charge in [0, 0.05) is 13.7 Å². The van der Waals surface area contributed by atoms with Crippen LogP contribution in [0.15, 0.2) is 24.3 Å². The average molecular weight is 486 g/mol. The largest absolute Gasteiger partial charge is 0.490 e. The summed E-state index contributed by atoms with van der Waals surface area (Å²) in [6.45, 7) is 6.83. The fraction of sp³-hybridized carbons (Fsp3) is 0.560. The molecule has 2 amide bonds. The van der Waals surface area contributed by atoms with Crippen LogP contribution in [0.3, 0.4) is 0 Å². The zero-order valence-corrected chi connectivity index (χ0v) is 20.9. The number of thiazole rings is 1. The summed E-state index contributed by atoms with van der Waals surface area (Å²) in [6, 6.07) is 7.66. The van der Waals surface area contributed by atoms with Crippen LogP contribution in [-0.4, -0.2) is 70.8 Å². The van der Waals surface area contributed by atoms with Gasteiger partial charge in [0.05, 0.1) is 42.6 Å². The van der Waals surface area contributed by atoms with Crippen LogP contribution in [-0.2, 0) is 16.0 Å². The van der Waals surface area contributed by atoms with Gasteiger partial charge in [0.25, 0.3) is 5.91 Å². The highest BCUT2D eigenvalue weighted by Crippen LogP contribution is 2.41. The Morgan fingerprint density at radius 2 is 2.00 bits per heavy atom. The topological polar surface area (TPSA) is 81.2 Å². The molecule has 0 spiro atoms. The summed E-state index contributed by atoms with van der Waals surface area (Å²) in [7, 11) is 1.62. The van der Waals surface area contributed by atoms with Crippen molar-refractivity contribution in [2.45, 2.75) is 70.4 Å². The minimum absolute atomic E-state index is 0.0217. The smallest absolute Gasteiger partial charge is 0.410 e. The quantitative estimate of drug-likeness (QED) is 0.606. The lowest BCUT2D eigenvalue weighted by Gasteiger charge is -2.28. The fourth-order valence-corrected chi connectivity index (χ4v) is 5.58. The number of rotatable bonds is 6. The Kier molecular flexibility index (Phi) is 6.02. The van der Waals surface area contributed by atoms with Gasteiger partial charge in [-0.3, -0.25) is 4.79 Å². The van der Waals surface area contributed by atoms with E-state index in [9.17, 15) is 9.59 Å². The minimum Gasteiger partial charge on any atom is -0.490 e. The van der Waals surface area contributed by atoms with Crippen molar-refractivity contribution >= 4 is 23.3 Å². The number of likely N-dealkylation sites (tertiary alicyclic amines) is 1.